The number of hydrogen-bond donors (Lipinski definition) is 1. The summed E-state index contributed by atoms with van der Waals surface area (Å²) in [6.45, 7) is 2.90. The zero-order valence-electron chi connectivity index (χ0n) is 13.0. The van der Waals surface area contributed by atoms with Gasteiger partial charge in [0.05, 0.1) is 0 Å². The number of pyridine rings is 1. The van der Waals surface area contributed by atoms with Crippen LogP contribution in [0.1, 0.15) is 28.9 Å². The molecular formula is C18H20N4O. The third-order valence-corrected chi connectivity index (χ3v) is 3.90. The van der Waals surface area contributed by atoms with Crippen molar-refractivity contribution in [2.24, 2.45) is 5.10 Å². The number of nitrogens with zero attached hydrogens (tertiary/aromatic N) is 3. The monoisotopic (exact) mass is 308 g/mol. The molecule has 0 aliphatic carbocycles. The van der Waals surface area contributed by atoms with Gasteiger partial charge in [0, 0.05) is 44.4 Å². The summed E-state index contributed by atoms with van der Waals surface area (Å²) in [7, 11) is 0. The third-order valence-electron chi connectivity index (χ3n) is 3.90. The van der Waals surface area contributed by atoms with E-state index in [2.05, 4.69) is 44.7 Å². The molecule has 5 heteroatoms. The lowest BCUT2D eigenvalue weighted by Gasteiger charge is -2.27. The van der Waals surface area contributed by atoms with Gasteiger partial charge in [0.15, 0.2) is 0 Å². The van der Waals surface area contributed by atoms with Crippen LogP contribution in [0.2, 0.25) is 0 Å². The molecule has 2 aromatic rings. The molecule has 0 spiro atoms. The maximum atomic E-state index is 11.9. The Kier molecular flexibility index (Phi) is 5.11. The van der Waals surface area contributed by atoms with Gasteiger partial charge in [-0.1, -0.05) is 36.4 Å². The van der Waals surface area contributed by atoms with E-state index in [-0.39, 0.29) is 5.91 Å². The van der Waals surface area contributed by atoms with E-state index in [1.807, 2.05) is 6.07 Å². The summed E-state index contributed by atoms with van der Waals surface area (Å²) >= 11 is 0. The molecule has 5 nitrogen and oxygen atoms in total. The number of carbonyl (C=O) groups is 1. The number of hydrazone groups is 1. The van der Waals surface area contributed by atoms with E-state index in [1.165, 1.54) is 5.56 Å². The third kappa shape index (κ3) is 4.47. The summed E-state index contributed by atoms with van der Waals surface area (Å²) in [5, 5.41) is 4.25. The SMILES string of the molecule is O=C(NN=C1CCN(Cc2ccccc2)CC1)c1ccccn1. The van der Waals surface area contributed by atoms with Gasteiger partial charge in [-0.05, 0) is 17.7 Å². The molecule has 1 aliphatic heterocycles. The number of piperidine rings is 1. The molecule has 0 unspecified atom stereocenters. The number of carbonyl (C=O) groups excluding carboxylic acids is 1. The fourth-order valence-corrected chi connectivity index (χ4v) is 2.61. The first-order valence-electron chi connectivity index (χ1n) is 7.84. The minimum Gasteiger partial charge on any atom is -0.298 e. The standard InChI is InChI=1S/C18H20N4O/c23-18(17-8-4-5-11-19-17)21-20-16-9-12-22(13-10-16)14-15-6-2-1-3-7-15/h1-8,11H,9-10,12-14H2,(H,21,23). The Morgan fingerprint density at radius 1 is 1.09 bits per heavy atom. The summed E-state index contributed by atoms with van der Waals surface area (Å²) in [4.78, 5) is 18.3. The highest BCUT2D eigenvalue weighted by Gasteiger charge is 2.15. The molecule has 3 rings (SSSR count). The number of hydrogen-bond acceptors (Lipinski definition) is 4. The molecule has 23 heavy (non-hydrogen) atoms. The van der Waals surface area contributed by atoms with Crippen molar-refractivity contribution in [1.82, 2.24) is 15.3 Å². The minimum atomic E-state index is -0.259. The lowest BCUT2D eigenvalue weighted by Crippen LogP contribution is -2.34. The van der Waals surface area contributed by atoms with Gasteiger partial charge >= 0.3 is 0 Å². The molecule has 1 saturated heterocycles. The zero-order valence-corrected chi connectivity index (χ0v) is 13.0. The maximum absolute atomic E-state index is 11.9. The molecule has 1 amide bonds. The number of rotatable bonds is 4. The van der Waals surface area contributed by atoms with Gasteiger partial charge in [-0.3, -0.25) is 14.7 Å². The van der Waals surface area contributed by atoms with Crippen LogP contribution >= 0.6 is 0 Å². The molecule has 0 saturated carbocycles. The number of benzene rings is 1. The lowest BCUT2D eigenvalue weighted by atomic mass is 10.1. The Bertz CT molecular complexity index is 660. The zero-order chi connectivity index (χ0) is 15.9. The van der Waals surface area contributed by atoms with E-state index in [0.717, 1.165) is 38.2 Å². The Labute approximate surface area is 136 Å². The molecule has 1 aromatic heterocycles. The van der Waals surface area contributed by atoms with Crippen molar-refractivity contribution in [3.8, 4) is 0 Å². The predicted octanol–water partition coefficient (Wildman–Crippen LogP) is 2.46. The van der Waals surface area contributed by atoms with Crippen LogP contribution in [-0.4, -0.2) is 34.6 Å². The summed E-state index contributed by atoms with van der Waals surface area (Å²) in [5.74, 6) is -0.259. The number of amides is 1. The Balaban J connectivity index is 1.48. The maximum Gasteiger partial charge on any atom is 0.289 e. The van der Waals surface area contributed by atoms with Crippen LogP contribution in [0.25, 0.3) is 0 Å². The Morgan fingerprint density at radius 3 is 2.52 bits per heavy atom. The fourth-order valence-electron chi connectivity index (χ4n) is 2.61. The highest BCUT2D eigenvalue weighted by atomic mass is 16.2. The van der Waals surface area contributed by atoms with Gasteiger partial charge in [0.2, 0.25) is 0 Å². The van der Waals surface area contributed by atoms with E-state index >= 15 is 0 Å². The summed E-state index contributed by atoms with van der Waals surface area (Å²) in [6.07, 6.45) is 3.37. The van der Waals surface area contributed by atoms with E-state index < -0.39 is 0 Å². The van der Waals surface area contributed by atoms with E-state index in [4.69, 9.17) is 0 Å². The molecule has 2 heterocycles. The van der Waals surface area contributed by atoms with Gasteiger partial charge in [0.1, 0.15) is 5.69 Å². The first kappa shape index (κ1) is 15.4. The van der Waals surface area contributed by atoms with Gasteiger partial charge in [-0.2, -0.15) is 5.10 Å². The largest absolute Gasteiger partial charge is 0.298 e. The highest BCUT2D eigenvalue weighted by molar-refractivity contribution is 5.94. The molecule has 0 atom stereocenters. The van der Waals surface area contributed by atoms with Crippen molar-refractivity contribution in [2.45, 2.75) is 19.4 Å². The first-order chi connectivity index (χ1) is 11.3. The summed E-state index contributed by atoms with van der Waals surface area (Å²) < 4.78 is 0. The number of aromatic nitrogens is 1. The van der Waals surface area contributed by atoms with Crippen molar-refractivity contribution >= 4 is 11.6 Å². The van der Waals surface area contributed by atoms with Crippen molar-refractivity contribution < 1.29 is 4.79 Å². The average molecular weight is 308 g/mol. The quantitative estimate of drug-likeness (QED) is 0.883. The Morgan fingerprint density at radius 2 is 1.83 bits per heavy atom. The van der Waals surface area contributed by atoms with Crippen molar-refractivity contribution in [3.05, 3.63) is 66.0 Å². The van der Waals surface area contributed by atoms with Gasteiger partial charge in [0.25, 0.3) is 5.91 Å². The molecule has 1 aromatic carbocycles. The predicted molar refractivity (Wildman–Crippen MR) is 90.1 cm³/mol. The topological polar surface area (TPSA) is 57.6 Å². The lowest BCUT2D eigenvalue weighted by molar-refractivity contribution is 0.0949. The van der Waals surface area contributed by atoms with E-state index in [0.29, 0.717) is 5.69 Å². The number of nitrogens with one attached hydrogen (secondary N) is 1. The Hall–Kier alpha value is -2.53. The number of likely N-dealkylation sites (tertiary alicyclic amines) is 1. The van der Waals surface area contributed by atoms with Crippen molar-refractivity contribution in [3.63, 3.8) is 0 Å². The van der Waals surface area contributed by atoms with Crippen LogP contribution in [0.5, 0.6) is 0 Å². The summed E-state index contributed by atoms with van der Waals surface area (Å²) in [5.41, 5.74) is 5.36. The molecule has 0 bridgehead atoms. The smallest absolute Gasteiger partial charge is 0.289 e. The molecular weight excluding hydrogens is 288 g/mol. The van der Waals surface area contributed by atoms with Crippen LogP contribution in [0, 0.1) is 0 Å². The highest BCUT2D eigenvalue weighted by Crippen LogP contribution is 2.11. The van der Waals surface area contributed by atoms with Crippen LogP contribution in [0.4, 0.5) is 0 Å². The summed E-state index contributed by atoms with van der Waals surface area (Å²) in [6, 6.07) is 15.7. The van der Waals surface area contributed by atoms with Crippen LogP contribution in [0.15, 0.2) is 59.8 Å². The molecule has 1 N–H and O–H groups in total. The van der Waals surface area contributed by atoms with E-state index in [9.17, 15) is 4.79 Å². The second kappa shape index (κ2) is 7.65. The van der Waals surface area contributed by atoms with Crippen LogP contribution in [0.3, 0.4) is 0 Å². The van der Waals surface area contributed by atoms with Gasteiger partial charge in [-0.25, -0.2) is 5.43 Å². The van der Waals surface area contributed by atoms with Crippen molar-refractivity contribution in [2.75, 3.05) is 13.1 Å². The minimum absolute atomic E-state index is 0.259. The fraction of sp³-hybridized carbons (Fsp3) is 0.278. The second-order valence-corrected chi connectivity index (χ2v) is 5.60. The average Bonchev–Trinajstić information content (AvgIpc) is 2.62. The van der Waals surface area contributed by atoms with E-state index in [1.54, 1.807) is 24.4 Å². The van der Waals surface area contributed by atoms with Crippen LogP contribution in [-0.2, 0) is 6.54 Å². The molecule has 1 aliphatic rings. The molecule has 118 valence electrons. The normalized spacial score (nSPS) is 15.2. The molecule has 1 fully saturated rings. The molecule has 0 radical (unpaired) electrons. The van der Waals surface area contributed by atoms with Crippen LogP contribution < -0.4 is 5.43 Å². The second-order valence-electron chi connectivity index (χ2n) is 5.60. The first-order valence-corrected chi connectivity index (χ1v) is 7.84. The van der Waals surface area contributed by atoms with Gasteiger partial charge < -0.3 is 0 Å². The van der Waals surface area contributed by atoms with Gasteiger partial charge in [-0.15, -0.1) is 0 Å². The van der Waals surface area contributed by atoms with Crippen molar-refractivity contribution in [1.29, 1.82) is 0 Å².